The summed E-state index contributed by atoms with van der Waals surface area (Å²) < 4.78 is 37.6. The van der Waals surface area contributed by atoms with Gasteiger partial charge in [0, 0.05) is 10.9 Å². The monoisotopic (exact) mass is 313 g/mol. The van der Waals surface area contributed by atoms with Gasteiger partial charge in [-0.05, 0) is 12.1 Å². The first-order chi connectivity index (χ1) is 10.1. The first-order valence-corrected chi connectivity index (χ1v) is 5.87. The summed E-state index contributed by atoms with van der Waals surface area (Å²) >= 11 is 0. The number of nitrogens with zero attached hydrogens (tertiary/aromatic N) is 2. The van der Waals surface area contributed by atoms with Crippen LogP contribution in [0.1, 0.15) is 5.69 Å². The zero-order chi connectivity index (χ0) is 15.5. The molecule has 6 nitrogen and oxygen atoms in total. The summed E-state index contributed by atoms with van der Waals surface area (Å²) in [6, 6.07) is 11.6. The molecule has 0 fully saturated rings. The molecule has 3 rings (SSSR count). The van der Waals surface area contributed by atoms with E-state index in [2.05, 4.69) is 26.9 Å². The Hall–Kier alpha value is -2.49. The van der Waals surface area contributed by atoms with Gasteiger partial charge in [0.25, 0.3) is 0 Å². The van der Waals surface area contributed by atoms with E-state index in [9.17, 15) is 13.2 Å². The normalized spacial score (nSPS) is 10.6. The Balaban J connectivity index is 0.000000775. The van der Waals surface area contributed by atoms with E-state index in [1.165, 1.54) is 6.07 Å². The van der Waals surface area contributed by atoms with Crippen molar-refractivity contribution in [1.82, 2.24) is 15.2 Å². The maximum atomic E-state index is 12.5. The van der Waals surface area contributed by atoms with Crippen LogP contribution in [0.3, 0.4) is 0 Å². The van der Waals surface area contributed by atoms with Crippen LogP contribution in [0.15, 0.2) is 42.5 Å². The molecule has 0 unspecified atom stereocenters. The number of rotatable bonds is 1. The highest BCUT2D eigenvalue weighted by Crippen LogP contribution is 2.31. The highest BCUT2D eigenvalue weighted by Gasteiger charge is 2.32. The van der Waals surface area contributed by atoms with Crippen LogP contribution in [-0.2, 0) is 6.18 Å². The van der Waals surface area contributed by atoms with E-state index in [0.29, 0.717) is 11.1 Å². The average Bonchev–Trinajstić information content (AvgIpc) is 2.92. The predicted octanol–water partition coefficient (Wildman–Crippen LogP) is 1.64. The number of aromatic amines is 1. The number of hydrogen-bond acceptors (Lipinski definition) is 4. The Kier molecular flexibility index (Phi) is 5.57. The lowest BCUT2D eigenvalue weighted by Crippen LogP contribution is -2.07. The summed E-state index contributed by atoms with van der Waals surface area (Å²) in [5.41, 5.74) is 0.642. The van der Waals surface area contributed by atoms with Crippen molar-refractivity contribution in [1.29, 1.82) is 0 Å². The van der Waals surface area contributed by atoms with Gasteiger partial charge in [0.1, 0.15) is 5.69 Å². The Morgan fingerprint density at radius 1 is 0.955 bits per heavy atom. The molecule has 7 N–H and O–H groups in total. The van der Waals surface area contributed by atoms with Gasteiger partial charge < -0.3 is 5.48 Å². The summed E-state index contributed by atoms with van der Waals surface area (Å²) in [5.74, 6) is 8.00. The topological polar surface area (TPSA) is 125 Å². The van der Waals surface area contributed by atoms with Crippen LogP contribution in [0, 0.1) is 0 Å². The lowest BCUT2D eigenvalue weighted by atomic mass is 10.1. The fourth-order valence-corrected chi connectivity index (χ4v) is 1.88. The van der Waals surface area contributed by atoms with E-state index in [-0.39, 0.29) is 11.1 Å². The minimum absolute atomic E-state index is 0. The van der Waals surface area contributed by atoms with Crippen molar-refractivity contribution in [2.24, 2.45) is 11.7 Å². The molecule has 9 heteroatoms. The molecule has 0 aliphatic heterocycles. The standard InChI is InChI=1S/C13H8F3N3.H4N2.H2O/c14-13(15,16)10-7-6-9-11(18-19-12(9)17-10)8-4-2-1-3-5-8;1-2;/h1-7H,(H,17,18,19);1-2H2;1H2. The van der Waals surface area contributed by atoms with E-state index in [4.69, 9.17) is 0 Å². The van der Waals surface area contributed by atoms with Crippen LogP contribution in [0.4, 0.5) is 13.2 Å². The second-order valence-corrected chi connectivity index (χ2v) is 4.03. The second kappa shape index (κ2) is 6.98. The van der Waals surface area contributed by atoms with Gasteiger partial charge in [0.05, 0.1) is 5.69 Å². The minimum Gasteiger partial charge on any atom is -0.412 e. The fraction of sp³-hybridized carbons (Fsp3) is 0.0769. The van der Waals surface area contributed by atoms with Crippen LogP contribution in [0.5, 0.6) is 0 Å². The van der Waals surface area contributed by atoms with E-state index < -0.39 is 11.9 Å². The molecule has 0 aliphatic rings. The Morgan fingerprint density at radius 2 is 1.59 bits per heavy atom. The fourth-order valence-electron chi connectivity index (χ4n) is 1.88. The van der Waals surface area contributed by atoms with Crippen molar-refractivity contribution in [2.45, 2.75) is 6.18 Å². The summed E-state index contributed by atoms with van der Waals surface area (Å²) in [6.45, 7) is 0. The lowest BCUT2D eigenvalue weighted by molar-refractivity contribution is -0.141. The summed E-state index contributed by atoms with van der Waals surface area (Å²) in [5, 5.41) is 7.13. The zero-order valence-electron chi connectivity index (χ0n) is 11.2. The molecule has 0 radical (unpaired) electrons. The van der Waals surface area contributed by atoms with Gasteiger partial charge >= 0.3 is 6.18 Å². The third kappa shape index (κ3) is 3.39. The van der Waals surface area contributed by atoms with Gasteiger partial charge in [-0.15, -0.1) is 0 Å². The van der Waals surface area contributed by atoms with E-state index in [0.717, 1.165) is 11.6 Å². The Bertz CT molecular complexity index is 727. The number of benzene rings is 1. The van der Waals surface area contributed by atoms with E-state index >= 15 is 0 Å². The number of alkyl halides is 3. The smallest absolute Gasteiger partial charge is 0.412 e. The third-order valence-corrected chi connectivity index (χ3v) is 2.77. The highest BCUT2D eigenvalue weighted by molar-refractivity contribution is 5.90. The van der Waals surface area contributed by atoms with Crippen molar-refractivity contribution in [3.8, 4) is 11.3 Å². The van der Waals surface area contributed by atoms with Gasteiger partial charge in [0.2, 0.25) is 0 Å². The van der Waals surface area contributed by atoms with Crippen LogP contribution >= 0.6 is 0 Å². The van der Waals surface area contributed by atoms with E-state index in [1.807, 2.05) is 30.3 Å². The molecule has 2 heterocycles. The molecule has 0 spiro atoms. The molecule has 0 saturated heterocycles. The van der Waals surface area contributed by atoms with Crippen LogP contribution in [-0.4, -0.2) is 20.7 Å². The average molecular weight is 313 g/mol. The first-order valence-electron chi connectivity index (χ1n) is 5.87. The number of hydrazine groups is 1. The molecule has 0 saturated carbocycles. The number of hydrogen-bond donors (Lipinski definition) is 3. The van der Waals surface area contributed by atoms with Crippen molar-refractivity contribution < 1.29 is 18.6 Å². The van der Waals surface area contributed by atoms with Gasteiger partial charge in [-0.1, -0.05) is 30.3 Å². The SMILES string of the molecule is FC(F)(F)c1ccc2c(-c3ccccc3)[nH]nc2n1.NN.O. The van der Waals surface area contributed by atoms with Crippen molar-refractivity contribution in [3.63, 3.8) is 0 Å². The Morgan fingerprint density at radius 3 is 2.18 bits per heavy atom. The number of aromatic nitrogens is 3. The van der Waals surface area contributed by atoms with Gasteiger partial charge in [-0.3, -0.25) is 16.8 Å². The molecule has 0 amide bonds. The predicted molar refractivity (Wildman–Crippen MR) is 76.3 cm³/mol. The second-order valence-electron chi connectivity index (χ2n) is 4.03. The number of pyridine rings is 1. The lowest BCUT2D eigenvalue weighted by Gasteiger charge is -2.04. The molecule has 1 aromatic carbocycles. The minimum atomic E-state index is -4.46. The molecular formula is C13H14F3N5O. The van der Waals surface area contributed by atoms with Gasteiger partial charge in [-0.2, -0.15) is 18.3 Å². The summed E-state index contributed by atoms with van der Waals surface area (Å²) in [6.07, 6.45) is -4.46. The molecule has 0 aliphatic carbocycles. The number of fused-ring (bicyclic) bond motifs is 1. The highest BCUT2D eigenvalue weighted by atomic mass is 19.4. The quantitative estimate of drug-likeness (QED) is 0.466. The molecule has 118 valence electrons. The molecule has 2 aromatic heterocycles. The van der Waals surface area contributed by atoms with Gasteiger partial charge in [-0.25, -0.2) is 4.98 Å². The maximum Gasteiger partial charge on any atom is 0.433 e. The maximum absolute atomic E-state index is 12.5. The summed E-state index contributed by atoms with van der Waals surface area (Å²) in [7, 11) is 0. The van der Waals surface area contributed by atoms with Crippen molar-refractivity contribution in [3.05, 3.63) is 48.2 Å². The van der Waals surface area contributed by atoms with Crippen molar-refractivity contribution >= 4 is 11.0 Å². The zero-order valence-corrected chi connectivity index (χ0v) is 11.2. The molecule has 0 bridgehead atoms. The van der Waals surface area contributed by atoms with Crippen LogP contribution in [0.2, 0.25) is 0 Å². The van der Waals surface area contributed by atoms with Crippen LogP contribution in [0.25, 0.3) is 22.3 Å². The molecular weight excluding hydrogens is 299 g/mol. The van der Waals surface area contributed by atoms with Gasteiger partial charge in [0.15, 0.2) is 5.65 Å². The number of nitrogens with one attached hydrogen (secondary N) is 1. The third-order valence-electron chi connectivity index (χ3n) is 2.77. The molecule has 0 atom stereocenters. The first kappa shape index (κ1) is 17.6. The summed E-state index contributed by atoms with van der Waals surface area (Å²) in [4.78, 5) is 3.53. The Labute approximate surface area is 123 Å². The number of halogens is 3. The molecule has 22 heavy (non-hydrogen) atoms. The largest absolute Gasteiger partial charge is 0.433 e. The van der Waals surface area contributed by atoms with Crippen LogP contribution < -0.4 is 11.7 Å². The number of H-pyrrole nitrogens is 1. The van der Waals surface area contributed by atoms with E-state index in [1.54, 1.807) is 0 Å². The van der Waals surface area contributed by atoms with Crippen molar-refractivity contribution in [2.75, 3.05) is 0 Å². The molecule has 3 aromatic rings. The number of nitrogens with two attached hydrogens (primary N) is 2.